The van der Waals surface area contributed by atoms with Crippen molar-refractivity contribution in [1.82, 2.24) is 5.43 Å². The van der Waals surface area contributed by atoms with E-state index in [1.165, 1.54) is 24.2 Å². The first-order valence-corrected chi connectivity index (χ1v) is 5.29. The van der Waals surface area contributed by atoms with Crippen LogP contribution in [0.5, 0.6) is 0 Å². The maximum atomic E-state index is 5.81. The molecule has 2 rings (SSSR count). The molecule has 1 fully saturated rings. The molecule has 0 aromatic carbocycles. The van der Waals surface area contributed by atoms with Gasteiger partial charge in [-0.2, -0.15) is 0 Å². The van der Waals surface area contributed by atoms with Gasteiger partial charge in [0, 0.05) is 0 Å². The van der Waals surface area contributed by atoms with Gasteiger partial charge in [-0.15, -0.1) is 11.3 Å². The van der Waals surface area contributed by atoms with E-state index in [9.17, 15) is 0 Å². The Bertz CT molecular complexity index is 330. The third-order valence-electron chi connectivity index (χ3n) is 1.80. The number of nitrogens with zero attached hydrogens (tertiary/aromatic N) is 1. The zero-order valence-electron chi connectivity index (χ0n) is 6.96. The first-order chi connectivity index (χ1) is 6.29. The van der Waals surface area contributed by atoms with E-state index in [0.29, 0.717) is 6.04 Å². The van der Waals surface area contributed by atoms with Crippen molar-refractivity contribution in [1.29, 1.82) is 0 Å². The molecule has 1 aliphatic carbocycles. The van der Waals surface area contributed by atoms with E-state index in [1.54, 1.807) is 0 Å². The van der Waals surface area contributed by atoms with E-state index in [0.717, 1.165) is 15.0 Å². The van der Waals surface area contributed by atoms with Crippen molar-refractivity contribution in [2.75, 3.05) is 0 Å². The van der Waals surface area contributed by atoms with Crippen molar-refractivity contribution in [3.05, 3.63) is 21.3 Å². The minimum Gasteiger partial charge on any atom is -0.308 e. The van der Waals surface area contributed by atoms with Crippen LogP contribution in [-0.2, 0) is 0 Å². The number of halogens is 1. The van der Waals surface area contributed by atoms with Crippen LogP contribution >= 0.6 is 22.9 Å². The second-order valence-electron chi connectivity index (χ2n) is 2.96. The lowest BCUT2D eigenvalue weighted by Gasteiger charge is -2.01. The number of thiophene rings is 1. The fourth-order valence-corrected chi connectivity index (χ4v) is 2.00. The Labute approximate surface area is 85.6 Å². The summed E-state index contributed by atoms with van der Waals surface area (Å²) in [5.74, 6) is 6.12. The summed E-state index contributed by atoms with van der Waals surface area (Å²) in [5.41, 5.74) is 2.60. The van der Waals surface area contributed by atoms with Crippen LogP contribution in [0.3, 0.4) is 0 Å². The van der Waals surface area contributed by atoms with Crippen molar-refractivity contribution < 1.29 is 0 Å². The van der Waals surface area contributed by atoms with Gasteiger partial charge >= 0.3 is 0 Å². The van der Waals surface area contributed by atoms with Gasteiger partial charge in [0.25, 0.3) is 0 Å². The Morgan fingerprint density at radius 2 is 2.38 bits per heavy atom. The van der Waals surface area contributed by atoms with Crippen molar-refractivity contribution in [2.24, 2.45) is 10.8 Å². The van der Waals surface area contributed by atoms with Gasteiger partial charge in [-0.1, -0.05) is 11.6 Å². The largest absolute Gasteiger partial charge is 0.308 e. The number of hydrogen-bond donors (Lipinski definition) is 2. The van der Waals surface area contributed by atoms with E-state index in [2.05, 4.69) is 10.4 Å². The van der Waals surface area contributed by atoms with Gasteiger partial charge in [-0.25, -0.2) is 5.84 Å². The van der Waals surface area contributed by atoms with Gasteiger partial charge in [0.1, 0.15) is 0 Å². The molecule has 0 amide bonds. The van der Waals surface area contributed by atoms with Gasteiger partial charge in [-0.05, 0) is 25.0 Å². The SMILES string of the molecule is NNC(=NC1CC1)c1ccc(Cl)s1. The van der Waals surface area contributed by atoms with Crippen LogP contribution in [0.15, 0.2) is 17.1 Å². The molecule has 3 nitrogen and oxygen atoms in total. The number of nitrogens with two attached hydrogens (primary N) is 1. The summed E-state index contributed by atoms with van der Waals surface area (Å²) in [6.45, 7) is 0. The lowest BCUT2D eigenvalue weighted by molar-refractivity contribution is 0.975. The van der Waals surface area contributed by atoms with E-state index >= 15 is 0 Å². The van der Waals surface area contributed by atoms with Crippen LogP contribution in [0, 0.1) is 0 Å². The second kappa shape index (κ2) is 3.65. The second-order valence-corrected chi connectivity index (χ2v) is 4.67. The van der Waals surface area contributed by atoms with E-state index in [-0.39, 0.29) is 0 Å². The average molecular weight is 216 g/mol. The van der Waals surface area contributed by atoms with E-state index < -0.39 is 0 Å². The van der Waals surface area contributed by atoms with Crippen LogP contribution in [0.1, 0.15) is 17.7 Å². The van der Waals surface area contributed by atoms with Crippen molar-refractivity contribution >= 4 is 28.8 Å². The highest BCUT2D eigenvalue weighted by atomic mass is 35.5. The highest BCUT2D eigenvalue weighted by Gasteiger charge is 2.21. The zero-order valence-corrected chi connectivity index (χ0v) is 8.53. The maximum Gasteiger partial charge on any atom is 0.153 e. The average Bonchev–Trinajstić information content (AvgIpc) is 2.84. The monoisotopic (exact) mass is 215 g/mol. The number of rotatable bonds is 2. The number of hydrazine groups is 1. The topological polar surface area (TPSA) is 50.4 Å². The number of nitrogens with one attached hydrogen (secondary N) is 1. The molecule has 0 unspecified atom stereocenters. The minimum absolute atomic E-state index is 0.465. The van der Waals surface area contributed by atoms with Gasteiger partial charge < -0.3 is 5.43 Å². The Morgan fingerprint density at radius 1 is 1.62 bits per heavy atom. The van der Waals surface area contributed by atoms with Crippen LogP contribution in [-0.4, -0.2) is 11.9 Å². The summed E-state index contributed by atoms with van der Waals surface area (Å²) in [5, 5.41) is 0. The first kappa shape index (κ1) is 8.99. The summed E-state index contributed by atoms with van der Waals surface area (Å²) < 4.78 is 0.758. The Balaban J connectivity index is 2.20. The molecule has 1 aromatic heterocycles. The zero-order chi connectivity index (χ0) is 9.26. The molecule has 0 bridgehead atoms. The summed E-state index contributed by atoms with van der Waals surface area (Å²) in [6, 6.07) is 4.24. The summed E-state index contributed by atoms with van der Waals surface area (Å²) in [7, 11) is 0. The van der Waals surface area contributed by atoms with Crippen molar-refractivity contribution in [2.45, 2.75) is 18.9 Å². The highest BCUT2D eigenvalue weighted by Crippen LogP contribution is 2.26. The lowest BCUT2D eigenvalue weighted by atomic mass is 10.4. The molecule has 0 atom stereocenters. The predicted octanol–water partition coefficient (Wildman–Crippen LogP) is 1.77. The Morgan fingerprint density at radius 3 is 2.85 bits per heavy atom. The van der Waals surface area contributed by atoms with Gasteiger partial charge in [0.15, 0.2) is 5.84 Å². The molecular formula is C8H10ClN3S. The molecular weight excluding hydrogens is 206 g/mol. The van der Waals surface area contributed by atoms with Gasteiger partial charge in [0.2, 0.25) is 0 Å². The predicted molar refractivity (Wildman–Crippen MR) is 56.2 cm³/mol. The molecule has 3 N–H and O–H groups in total. The number of hydrogen-bond acceptors (Lipinski definition) is 3. The van der Waals surface area contributed by atoms with E-state index in [1.807, 2.05) is 12.1 Å². The fraction of sp³-hybridized carbons (Fsp3) is 0.375. The van der Waals surface area contributed by atoms with Crippen molar-refractivity contribution in [3.63, 3.8) is 0 Å². The number of aliphatic imine (C=N–C) groups is 1. The Kier molecular flexibility index (Phi) is 2.53. The highest BCUT2D eigenvalue weighted by molar-refractivity contribution is 7.18. The molecule has 0 aliphatic heterocycles. The molecule has 1 heterocycles. The van der Waals surface area contributed by atoms with Crippen LogP contribution < -0.4 is 11.3 Å². The molecule has 13 heavy (non-hydrogen) atoms. The fourth-order valence-electron chi connectivity index (χ4n) is 1.000. The molecule has 0 spiro atoms. The number of amidine groups is 1. The quantitative estimate of drug-likeness (QED) is 0.342. The lowest BCUT2D eigenvalue weighted by Crippen LogP contribution is -2.30. The van der Waals surface area contributed by atoms with Gasteiger partial charge in [-0.3, -0.25) is 4.99 Å². The molecule has 1 saturated carbocycles. The third-order valence-corrected chi connectivity index (χ3v) is 3.04. The third kappa shape index (κ3) is 2.21. The normalized spacial score (nSPS) is 17.5. The minimum atomic E-state index is 0.465. The standard InChI is InChI=1S/C8H10ClN3S/c9-7-4-3-6(13-7)8(12-10)11-5-1-2-5/h3-5H,1-2,10H2,(H,11,12). The summed E-state index contributed by atoms with van der Waals surface area (Å²) >= 11 is 7.29. The molecule has 0 radical (unpaired) electrons. The van der Waals surface area contributed by atoms with Crippen LogP contribution in [0.4, 0.5) is 0 Å². The summed E-state index contributed by atoms with van der Waals surface area (Å²) in [6.07, 6.45) is 2.34. The van der Waals surface area contributed by atoms with Crippen LogP contribution in [0.2, 0.25) is 4.34 Å². The van der Waals surface area contributed by atoms with Crippen molar-refractivity contribution in [3.8, 4) is 0 Å². The first-order valence-electron chi connectivity index (χ1n) is 4.09. The van der Waals surface area contributed by atoms with Gasteiger partial charge in [0.05, 0.1) is 15.3 Å². The molecule has 5 heteroatoms. The molecule has 0 saturated heterocycles. The Hall–Kier alpha value is -0.580. The smallest absolute Gasteiger partial charge is 0.153 e. The molecule has 1 aliphatic rings. The molecule has 1 aromatic rings. The summed E-state index contributed by atoms with van der Waals surface area (Å²) in [4.78, 5) is 5.42. The van der Waals surface area contributed by atoms with E-state index in [4.69, 9.17) is 17.4 Å². The maximum absolute atomic E-state index is 5.81. The van der Waals surface area contributed by atoms with Crippen LogP contribution in [0.25, 0.3) is 0 Å². The molecule has 70 valence electrons.